The second-order valence-corrected chi connectivity index (χ2v) is 10.9. The summed E-state index contributed by atoms with van der Waals surface area (Å²) in [6.45, 7) is 11.9. The van der Waals surface area contributed by atoms with Gasteiger partial charge in [-0.25, -0.2) is 8.42 Å². The van der Waals surface area contributed by atoms with Gasteiger partial charge in [0, 0.05) is 38.2 Å². The van der Waals surface area contributed by atoms with Crippen LogP contribution in [0.3, 0.4) is 0 Å². The maximum absolute atomic E-state index is 11.7. The summed E-state index contributed by atoms with van der Waals surface area (Å²) in [6, 6.07) is 4.64. The Bertz CT molecular complexity index is 1160. The highest BCUT2D eigenvalue weighted by Gasteiger charge is 2.46. The van der Waals surface area contributed by atoms with Crippen molar-refractivity contribution in [3.05, 3.63) is 23.8 Å². The van der Waals surface area contributed by atoms with E-state index >= 15 is 0 Å². The number of fused-ring (bicyclic) bond motifs is 1. The number of carbonyl (C=O) groups excluding carboxylic acids is 2. The predicted molar refractivity (Wildman–Crippen MR) is 140 cm³/mol. The lowest BCUT2D eigenvalue weighted by atomic mass is 9.76. The third kappa shape index (κ3) is 11.0. The zero-order valence-electron chi connectivity index (χ0n) is 24.0. The summed E-state index contributed by atoms with van der Waals surface area (Å²) >= 11 is 0. The highest BCUT2D eigenvalue weighted by Crippen LogP contribution is 2.44. The number of carboxylic acid groups (broad SMARTS) is 1. The van der Waals surface area contributed by atoms with Crippen molar-refractivity contribution >= 4 is 33.5 Å². The molecular formula is C27H39F3NO9S-. The second kappa shape index (κ2) is 16.2. The Kier molecular flexibility index (Phi) is 14.4. The van der Waals surface area contributed by atoms with Crippen molar-refractivity contribution in [1.29, 1.82) is 0 Å². The third-order valence-electron chi connectivity index (χ3n) is 6.73. The number of esters is 1. The predicted octanol–water partition coefficient (Wildman–Crippen LogP) is 3.57. The molecule has 41 heavy (non-hydrogen) atoms. The van der Waals surface area contributed by atoms with E-state index in [4.69, 9.17) is 24.1 Å². The molecule has 1 unspecified atom stereocenters. The molecule has 1 aromatic carbocycles. The number of alkyl halides is 3. The summed E-state index contributed by atoms with van der Waals surface area (Å²) in [6.07, 6.45) is -1.25. The van der Waals surface area contributed by atoms with Crippen LogP contribution in [0.4, 0.5) is 18.9 Å². The van der Waals surface area contributed by atoms with Crippen LogP contribution < -0.4 is 5.11 Å². The van der Waals surface area contributed by atoms with Crippen LogP contribution in [0.5, 0.6) is 0 Å². The summed E-state index contributed by atoms with van der Waals surface area (Å²) in [5.41, 5.74) is 2.43. The van der Waals surface area contributed by atoms with Crippen LogP contribution in [-0.2, 0) is 39.3 Å². The van der Waals surface area contributed by atoms with Gasteiger partial charge in [-0.05, 0) is 52.7 Å². The van der Waals surface area contributed by atoms with E-state index in [-0.39, 0.29) is 17.2 Å². The van der Waals surface area contributed by atoms with E-state index in [0.29, 0.717) is 39.2 Å². The molecule has 0 saturated heterocycles. The zero-order chi connectivity index (χ0) is 31.4. The second-order valence-electron chi connectivity index (χ2n) is 9.48. The Balaban J connectivity index is 0.00000106. The Morgan fingerprint density at radius 2 is 1.63 bits per heavy atom. The molecule has 0 fully saturated rings. The summed E-state index contributed by atoms with van der Waals surface area (Å²) in [5.74, 6) is -3.19. The molecule has 0 bridgehead atoms. The molecule has 10 nitrogen and oxygen atoms in total. The largest absolute Gasteiger partial charge is 0.744 e. The van der Waals surface area contributed by atoms with Gasteiger partial charge in [-0.1, -0.05) is 12.8 Å². The summed E-state index contributed by atoms with van der Waals surface area (Å²) in [5, 5.41) is 8.78. The van der Waals surface area contributed by atoms with E-state index in [0.717, 1.165) is 42.6 Å². The molecule has 1 atom stereocenters. The fourth-order valence-electron chi connectivity index (χ4n) is 4.60. The lowest BCUT2D eigenvalue weighted by molar-refractivity contribution is -0.444. The van der Waals surface area contributed by atoms with Crippen LogP contribution >= 0.6 is 0 Å². The van der Waals surface area contributed by atoms with Crippen molar-refractivity contribution in [2.24, 2.45) is 0 Å². The monoisotopic (exact) mass is 610 g/mol. The van der Waals surface area contributed by atoms with Crippen molar-refractivity contribution in [3.8, 4) is 0 Å². The maximum Gasteiger partial charge on any atom is 0.430 e. The topological polar surface area (TPSA) is 145 Å². The first-order valence-electron chi connectivity index (χ1n) is 13.4. The summed E-state index contributed by atoms with van der Waals surface area (Å²) in [4.78, 5) is 20.2. The van der Waals surface area contributed by atoms with E-state index in [9.17, 15) is 30.9 Å². The van der Waals surface area contributed by atoms with Crippen molar-refractivity contribution in [3.63, 3.8) is 0 Å². The number of halogens is 3. The number of carbonyl (C=O) groups is 2. The number of rotatable bonds is 15. The molecule has 0 aromatic heterocycles. The van der Waals surface area contributed by atoms with Crippen LogP contribution in [0.2, 0.25) is 0 Å². The molecular weight excluding hydrogens is 571 g/mol. The molecule has 2 rings (SSSR count). The fourth-order valence-corrected chi connectivity index (χ4v) is 5.10. The molecule has 0 spiro atoms. The van der Waals surface area contributed by atoms with Crippen molar-refractivity contribution in [2.75, 3.05) is 26.4 Å². The molecule has 1 aliphatic heterocycles. The number of hydrogen-bond acceptors (Lipinski definition) is 9. The minimum atomic E-state index is -5.19. The minimum absolute atomic E-state index is 0.183. The van der Waals surface area contributed by atoms with Crippen LogP contribution in [0.25, 0.3) is 0 Å². The SMILES string of the molecule is CCOC(=O)CCCCCC1(C)C(C)=[N+](CCC(OCC)OCC)c2ccc(S(=O)(=O)[O-])cc21.O=C([O-])C(F)(F)F. The number of carboxylic acids is 1. The molecule has 0 radical (unpaired) electrons. The first-order valence-corrected chi connectivity index (χ1v) is 14.8. The first-order chi connectivity index (χ1) is 19.0. The standard InChI is InChI=1S/C25H39NO7S.C2HF3O2/c1-6-31-23(27)12-10-9-11-16-25(5)19(4)26(17-15-24(32-7-2)33-8-3)22-14-13-20(18-21(22)25)34(28,29)30;3-2(4,5)1(6)7/h13-14,18,24H,6-12,15-17H2,1-5H3;(H,6,7)/p-1. The number of benzene rings is 1. The Morgan fingerprint density at radius 1 is 1.05 bits per heavy atom. The van der Waals surface area contributed by atoms with Gasteiger partial charge in [0.1, 0.15) is 16.1 Å². The van der Waals surface area contributed by atoms with Gasteiger partial charge >= 0.3 is 12.1 Å². The normalized spacial score (nSPS) is 16.8. The molecule has 1 heterocycles. The van der Waals surface area contributed by atoms with Gasteiger partial charge in [-0.15, -0.1) is 0 Å². The molecule has 0 aliphatic carbocycles. The first kappa shape index (κ1) is 36.5. The van der Waals surface area contributed by atoms with Crippen LogP contribution in [0.1, 0.15) is 78.7 Å². The van der Waals surface area contributed by atoms with E-state index in [1.165, 1.54) is 12.1 Å². The Morgan fingerprint density at radius 3 is 2.12 bits per heavy atom. The number of hydrogen-bond donors (Lipinski definition) is 0. The molecule has 0 saturated carbocycles. The number of aliphatic carboxylic acids is 1. The van der Waals surface area contributed by atoms with Crippen molar-refractivity contribution < 1.29 is 59.6 Å². The molecule has 1 aromatic rings. The van der Waals surface area contributed by atoms with Gasteiger partial charge in [0.05, 0.1) is 23.3 Å². The highest BCUT2D eigenvalue weighted by molar-refractivity contribution is 7.85. The average molecular weight is 611 g/mol. The van der Waals surface area contributed by atoms with E-state index in [2.05, 4.69) is 18.4 Å². The van der Waals surface area contributed by atoms with Gasteiger partial charge in [0.2, 0.25) is 5.69 Å². The quantitative estimate of drug-likeness (QED) is 0.0957. The van der Waals surface area contributed by atoms with Crippen LogP contribution in [0.15, 0.2) is 23.1 Å². The van der Waals surface area contributed by atoms with E-state index in [1.54, 1.807) is 13.0 Å². The number of ether oxygens (including phenoxy) is 3. The average Bonchev–Trinajstić information content (AvgIpc) is 3.08. The number of nitrogens with zero attached hydrogens (tertiary/aromatic N) is 1. The minimum Gasteiger partial charge on any atom is -0.744 e. The molecule has 1 aliphatic rings. The van der Waals surface area contributed by atoms with Gasteiger partial charge in [0.25, 0.3) is 0 Å². The van der Waals surface area contributed by atoms with Gasteiger partial charge in [0.15, 0.2) is 18.5 Å². The van der Waals surface area contributed by atoms with E-state index < -0.39 is 27.7 Å². The highest BCUT2D eigenvalue weighted by atomic mass is 32.2. The van der Waals surface area contributed by atoms with Gasteiger partial charge in [-0.2, -0.15) is 17.7 Å². The molecule has 0 amide bonds. The smallest absolute Gasteiger partial charge is 0.430 e. The zero-order valence-corrected chi connectivity index (χ0v) is 24.9. The molecule has 0 N–H and O–H groups in total. The van der Waals surface area contributed by atoms with Crippen molar-refractivity contribution in [2.45, 2.75) is 95.9 Å². The fraction of sp³-hybridized carbons (Fsp3) is 0.667. The van der Waals surface area contributed by atoms with E-state index in [1.807, 2.05) is 13.8 Å². The molecule has 14 heteroatoms. The summed E-state index contributed by atoms with van der Waals surface area (Å²) < 4.78 is 85.3. The lowest BCUT2D eigenvalue weighted by Gasteiger charge is -2.23. The third-order valence-corrected chi connectivity index (χ3v) is 7.56. The Hall–Kier alpha value is -2.55. The molecule has 234 valence electrons. The van der Waals surface area contributed by atoms with Gasteiger partial charge < -0.3 is 28.7 Å². The Labute approximate surface area is 239 Å². The van der Waals surface area contributed by atoms with Gasteiger partial charge in [-0.3, -0.25) is 4.79 Å². The van der Waals surface area contributed by atoms with Crippen molar-refractivity contribution in [1.82, 2.24) is 0 Å². The lowest BCUT2D eigenvalue weighted by Crippen LogP contribution is -2.37. The number of unbranched alkanes of at least 4 members (excludes halogenated alkanes) is 2. The van der Waals surface area contributed by atoms with Crippen LogP contribution in [0, 0.1) is 0 Å². The van der Waals surface area contributed by atoms with Crippen LogP contribution in [-0.4, -0.2) is 74.0 Å². The summed E-state index contributed by atoms with van der Waals surface area (Å²) in [7, 11) is -4.56. The maximum atomic E-state index is 11.7.